The topological polar surface area (TPSA) is 87.7 Å². The highest BCUT2D eigenvalue weighted by Gasteiger charge is 2.12. The van der Waals surface area contributed by atoms with Crippen molar-refractivity contribution in [3.8, 4) is 0 Å². The van der Waals surface area contributed by atoms with Gasteiger partial charge in [-0.1, -0.05) is 0 Å². The lowest BCUT2D eigenvalue weighted by molar-refractivity contribution is 0.0933. The quantitative estimate of drug-likeness (QED) is 0.696. The van der Waals surface area contributed by atoms with Crippen LogP contribution in [0.4, 0.5) is 0 Å². The fraction of sp³-hybridized carbons (Fsp3) is 0.571. The molecule has 0 radical (unpaired) electrons. The van der Waals surface area contributed by atoms with Crippen molar-refractivity contribution in [2.45, 2.75) is 13.0 Å². The van der Waals surface area contributed by atoms with Crippen LogP contribution in [0.1, 0.15) is 17.5 Å². The fourth-order valence-electron chi connectivity index (χ4n) is 1.00. The molecule has 0 bridgehead atoms. The summed E-state index contributed by atoms with van der Waals surface area (Å²) in [6, 6.07) is -0.140. The number of nitrogens with one attached hydrogen (secondary N) is 2. The Balaban J connectivity index is 2.45. The molecule has 1 aromatic heterocycles. The van der Waals surface area contributed by atoms with Gasteiger partial charge in [0.25, 0.3) is 5.91 Å². The van der Waals surface area contributed by atoms with E-state index < -0.39 is 10.8 Å². The number of hydrogen-bond donors (Lipinski definition) is 2. The van der Waals surface area contributed by atoms with E-state index in [-0.39, 0.29) is 17.8 Å². The summed E-state index contributed by atoms with van der Waals surface area (Å²) >= 11 is 0. The smallest absolute Gasteiger partial charge is 0.288 e. The van der Waals surface area contributed by atoms with Gasteiger partial charge in [-0.25, -0.2) is 4.98 Å². The molecule has 1 heterocycles. The van der Waals surface area contributed by atoms with E-state index in [1.54, 1.807) is 13.2 Å². The maximum Gasteiger partial charge on any atom is 0.288 e. The number of amides is 1. The van der Waals surface area contributed by atoms with E-state index in [1.807, 2.05) is 0 Å². The lowest BCUT2D eigenvalue weighted by atomic mass is 10.4. The molecule has 0 aromatic carbocycles. The maximum atomic E-state index is 11.4. The second kappa shape index (κ2) is 4.85. The monoisotopic (exact) mass is 216 g/mol. The van der Waals surface area contributed by atoms with Gasteiger partial charge in [0, 0.05) is 28.9 Å². The standard InChI is InChI=1S/C7H12N4O2S/c1-5(3-14(2)13)10-7(12)6-8-4-9-11-6/h4-5H,3H2,1-2H3,(H,10,12)(H,8,9,11). The number of aromatic nitrogens is 3. The molecule has 1 rings (SSSR count). The minimum atomic E-state index is -0.920. The third-order valence-electron chi connectivity index (χ3n) is 1.49. The Morgan fingerprint density at radius 1 is 1.79 bits per heavy atom. The van der Waals surface area contributed by atoms with Gasteiger partial charge < -0.3 is 5.32 Å². The number of H-pyrrole nitrogens is 1. The van der Waals surface area contributed by atoms with Crippen LogP contribution in [-0.2, 0) is 10.8 Å². The van der Waals surface area contributed by atoms with Gasteiger partial charge in [0.2, 0.25) is 5.82 Å². The van der Waals surface area contributed by atoms with E-state index >= 15 is 0 Å². The minimum Gasteiger partial charge on any atom is -0.346 e. The predicted molar refractivity (Wildman–Crippen MR) is 52.2 cm³/mol. The molecule has 2 atom stereocenters. The number of carbonyl (C=O) groups is 1. The third-order valence-corrected chi connectivity index (χ3v) is 2.46. The first-order valence-corrected chi connectivity index (χ1v) is 5.78. The molecule has 0 saturated carbocycles. The average molecular weight is 216 g/mol. The second-order valence-electron chi connectivity index (χ2n) is 2.95. The largest absolute Gasteiger partial charge is 0.346 e. The molecule has 2 N–H and O–H groups in total. The number of rotatable bonds is 4. The molecule has 0 aliphatic carbocycles. The van der Waals surface area contributed by atoms with Crippen LogP contribution in [0.25, 0.3) is 0 Å². The van der Waals surface area contributed by atoms with Gasteiger partial charge in [-0.2, -0.15) is 5.10 Å². The van der Waals surface area contributed by atoms with Crippen molar-refractivity contribution >= 4 is 16.7 Å². The Kier molecular flexibility index (Phi) is 3.75. The van der Waals surface area contributed by atoms with Crippen molar-refractivity contribution in [2.75, 3.05) is 12.0 Å². The van der Waals surface area contributed by atoms with Gasteiger partial charge in [0.15, 0.2) is 0 Å². The Morgan fingerprint density at radius 3 is 3.00 bits per heavy atom. The zero-order valence-corrected chi connectivity index (χ0v) is 8.80. The number of aromatic amines is 1. The molecule has 0 fully saturated rings. The summed E-state index contributed by atoms with van der Waals surface area (Å²) in [4.78, 5) is 15.0. The van der Waals surface area contributed by atoms with Crippen molar-refractivity contribution in [3.05, 3.63) is 12.2 Å². The van der Waals surface area contributed by atoms with Gasteiger partial charge in [0.1, 0.15) is 6.33 Å². The van der Waals surface area contributed by atoms with E-state index in [0.717, 1.165) is 0 Å². The SMILES string of the molecule is CC(CS(C)=O)NC(=O)c1ncn[nH]1. The van der Waals surface area contributed by atoms with Crippen LogP contribution in [0.15, 0.2) is 6.33 Å². The van der Waals surface area contributed by atoms with E-state index in [0.29, 0.717) is 5.75 Å². The van der Waals surface area contributed by atoms with Gasteiger partial charge in [-0.05, 0) is 6.92 Å². The zero-order chi connectivity index (χ0) is 10.6. The van der Waals surface area contributed by atoms with E-state index in [2.05, 4.69) is 20.5 Å². The summed E-state index contributed by atoms with van der Waals surface area (Å²) in [7, 11) is -0.920. The van der Waals surface area contributed by atoms with Crippen molar-refractivity contribution in [1.29, 1.82) is 0 Å². The summed E-state index contributed by atoms with van der Waals surface area (Å²) in [5.41, 5.74) is 0. The highest BCUT2D eigenvalue weighted by molar-refractivity contribution is 7.84. The third kappa shape index (κ3) is 3.25. The van der Waals surface area contributed by atoms with E-state index in [9.17, 15) is 9.00 Å². The maximum absolute atomic E-state index is 11.4. The molecule has 78 valence electrons. The molecular formula is C7H12N4O2S. The lowest BCUT2D eigenvalue weighted by Crippen LogP contribution is -2.36. The first-order valence-electron chi connectivity index (χ1n) is 4.06. The van der Waals surface area contributed by atoms with Gasteiger partial charge in [0.05, 0.1) is 0 Å². The number of carbonyl (C=O) groups excluding carboxylic acids is 1. The molecule has 0 aliphatic rings. The Hall–Kier alpha value is -1.24. The molecule has 0 aliphatic heterocycles. The number of hydrogen-bond acceptors (Lipinski definition) is 4. The van der Waals surface area contributed by atoms with Crippen LogP contribution in [-0.4, -0.2) is 43.3 Å². The van der Waals surface area contributed by atoms with Crippen LogP contribution < -0.4 is 5.32 Å². The minimum absolute atomic E-state index is 0.140. The van der Waals surface area contributed by atoms with Crippen molar-refractivity contribution in [2.24, 2.45) is 0 Å². The van der Waals surface area contributed by atoms with E-state index in [1.165, 1.54) is 6.33 Å². The predicted octanol–water partition coefficient (Wildman–Crippen LogP) is -0.699. The summed E-state index contributed by atoms with van der Waals surface area (Å²) in [5, 5.41) is 8.65. The molecule has 6 nitrogen and oxygen atoms in total. The van der Waals surface area contributed by atoms with Gasteiger partial charge in [-0.15, -0.1) is 0 Å². The first-order chi connectivity index (χ1) is 6.59. The zero-order valence-electron chi connectivity index (χ0n) is 7.98. The average Bonchev–Trinajstić information content (AvgIpc) is 2.53. The molecule has 0 saturated heterocycles. The van der Waals surface area contributed by atoms with Gasteiger partial charge >= 0.3 is 0 Å². The lowest BCUT2D eigenvalue weighted by Gasteiger charge is -2.10. The van der Waals surface area contributed by atoms with Crippen LogP contribution in [0, 0.1) is 0 Å². The van der Waals surface area contributed by atoms with Crippen LogP contribution in [0.3, 0.4) is 0 Å². The van der Waals surface area contributed by atoms with Gasteiger partial charge in [-0.3, -0.25) is 14.1 Å². The Bertz CT molecular complexity index is 324. The molecular weight excluding hydrogens is 204 g/mol. The molecule has 7 heteroatoms. The normalized spacial score (nSPS) is 14.7. The highest BCUT2D eigenvalue weighted by Crippen LogP contribution is 1.90. The molecule has 1 aromatic rings. The van der Waals surface area contributed by atoms with Crippen LogP contribution in [0.2, 0.25) is 0 Å². The van der Waals surface area contributed by atoms with Crippen molar-refractivity contribution in [3.63, 3.8) is 0 Å². The molecule has 1 amide bonds. The molecule has 0 spiro atoms. The van der Waals surface area contributed by atoms with Crippen LogP contribution in [0.5, 0.6) is 0 Å². The van der Waals surface area contributed by atoms with Crippen LogP contribution >= 0.6 is 0 Å². The Morgan fingerprint density at radius 2 is 2.50 bits per heavy atom. The fourth-order valence-corrected chi connectivity index (χ4v) is 1.79. The summed E-state index contributed by atoms with van der Waals surface area (Å²) in [5.74, 6) is 0.263. The van der Waals surface area contributed by atoms with Crippen molar-refractivity contribution < 1.29 is 9.00 Å². The summed E-state index contributed by atoms with van der Waals surface area (Å²) < 4.78 is 10.8. The van der Waals surface area contributed by atoms with Crippen molar-refractivity contribution in [1.82, 2.24) is 20.5 Å². The molecule has 2 unspecified atom stereocenters. The summed E-state index contributed by atoms with van der Waals surface area (Å²) in [6.45, 7) is 1.79. The summed E-state index contributed by atoms with van der Waals surface area (Å²) in [6.07, 6.45) is 2.86. The van der Waals surface area contributed by atoms with E-state index in [4.69, 9.17) is 0 Å². The Labute approximate surface area is 84.0 Å². The number of nitrogens with zero attached hydrogens (tertiary/aromatic N) is 2. The second-order valence-corrected chi connectivity index (χ2v) is 4.43. The highest BCUT2D eigenvalue weighted by atomic mass is 32.2. The molecule has 14 heavy (non-hydrogen) atoms. The first kappa shape index (κ1) is 10.8.